The highest BCUT2D eigenvalue weighted by atomic mass is 19.4. The van der Waals surface area contributed by atoms with Crippen molar-refractivity contribution in [1.29, 1.82) is 5.26 Å². The lowest BCUT2D eigenvalue weighted by Gasteiger charge is -2.25. The predicted molar refractivity (Wildman–Crippen MR) is 108 cm³/mol. The Morgan fingerprint density at radius 3 is 2.50 bits per heavy atom. The van der Waals surface area contributed by atoms with E-state index in [1.54, 1.807) is 6.07 Å². The second-order valence-electron chi connectivity index (χ2n) is 6.91. The van der Waals surface area contributed by atoms with Gasteiger partial charge >= 0.3 is 12.1 Å². The number of carboxylic acids is 1. The molecule has 2 aromatic rings. The first-order chi connectivity index (χ1) is 15.1. The van der Waals surface area contributed by atoms with Crippen LogP contribution in [0.4, 0.5) is 28.9 Å². The van der Waals surface area contributed by atoms with Gasteiger partial charge in [-0.2, -0.15) is 18.4 Å². The first kappa shape index (κ1) is 25.1. The third-order valence-electron chi connectivity index (χ3n) is 4.62. The zero-order chi connectivity index (χ0) is 23.9. The van der Waals surface area contributed by atoms with E-state index in [4.69, 9.17) is 19.8 Å². The summed E-state index contributed by atoms with van der Waals surface area (Å²) in [5.74, 6) is -2.56. The zero-order valence-electron chi connectivity index (χ0n) is 17.4. The fourth-order valence-corrected chi connectivity index (χ4v) is 3.22. The van der Waals surface area contributed by atoms with Crippen molar-refractivity contribution in [3.8, 4) is 6.07 Å². The van der Waals surface area contributed by atoms with E-state index >= 15 is 0 Å². The summed E-state index contributed by atoms with van der Waals surface area (Å²) in [6, 6.07) is 9.17. The molecule has 2 atom stereocenters. The summed E-state index contributed by atoms with van der Waals surface area (Å²) in [6.07, 6.45) is -7.28. The molecule has 0 radical (unpaired) electrons. The third kappa shape index (κ3) is 6.42. The molecule has 2 aromatic carbocycles. The van der Waals surface area contributed by atoms with Gasteiger partial charge in [0.05, 0.1) is 18.6 Å². The van der Waals surface area contributed by atoms with Crippen molar-refractivity contribution in [2.45, 2.75) is 31.5 Å². The van der Waals surface area contributed by atoms with Crippen molar-refractivity contribution in [3.05, 3.63) is 58.9 Å². The number of hydrogen-bond acceptors (Lipinski definition) is 5. The zero-order valence-corrected chi connectivity index (χ0v) is 17.4. The number of rotatable bonds is 10. The lowest BCUT2D eigenvalue weighted by molar-refractivity contribution is -0.222. The van der Waals surface area contributed by atoms with Crippen LogP contribution in [-0.2, 0) is 14.3 Å². The van der Waals surface area contributed by atoms with Gasteiger partial charge in [-0.3, -0.25) is 4.79 Å². The average molecular weight is 454 g/mol. The van der Waals surface area contributed by atoms with Crippen LogP contribution < -0.4 is 5.32 Å². The first-order valence-electron chi connectivity index (χ1n) is 9.60. The maximum Gasteiger partial charge on any atom is 0.418 e. The quantitative estimate of drug-likeness (QED) is 0.475. The molecule has 2 N–H and O–H groups in total. The van der Waals surface area contributed by atoms with Crippen LogP contribution in [0, 0.1) is 17.1 Å². The molecule has 2 rings (SSSR count). The number of nitrogens with zero attached hydrogens (tertiary/aromatic N) is 1. The second-order valence-corrected chi connectivity index (χ2v) is 6.91. The van der Waals surface area contributed by atoms with Crippen molar-refractivity contribution >= 4 is 17.3 Å². The summed E-state index contributed by atoms with van der Waals surface area (Å²) in [5, 5.41) is 20.8. The normalized spacial score (nSPS) is 13.3. The van der Waals surface area contributed by atoms with Gasteiger partial charge in [-0.25, -0.2) is 4.39 Å². The maximum absolute atomic E-state index is 14.0. The lowest BCUT2D eigenvalue weighted by atomic mass is 9.93. The van der Waals surface area contributed by atoms with Gasteiger partial charge in [0.1, 0.15) is 11.9 Å². The topological polar surface area (TPSA) is 91.6 Å². The molecule has 6 nitrogen and oxygen atoms in total. The Hall–Kier alpha value is -3.16. The number of aliphatic carboxylic acids is 1. The fraction of sp³-hybridized carbons (Fsp3) is 0.364. The minimum atomic E-state index is -4.73. The van der Waals surface area contributed by atoms with Gasteiger partial charge in [0.2, 0.25) is 0 Å². The van der Waals surface area contributed by atoms with Crippen LogP contribution in [0.3, 0.4) is 0 Å². The van der Waals surface area contributed by atoms with E-state index in [9.17, 15) is 22.4 Å². The van der Waals surface area contributed by atoms with Crippen molar-refractivity contribution in [2.24, 2.45) is 0 Å². The predicted octanol–water partition coefficient (Wildman–Crippen LogP) is 5.29. The highest BCUT2D eigenvalue weighted by molar-refractivity contribution is 5.69. The van der Waals surface area contributed by atoms with Crippen molar-refractivity contribution in [3.63, 3.8) is 0 Å². The number of methoxy groups -OCH3 is 1. The number of benzene rings is 2. The van der Waals surface area contributed by atoms with Crippen LogP contribution >= 0.6 is 0 Å². The van der Waals surface area contributed by atoms with Crippen LogP contribution in [0.2, 0.25) is 0 Å². The van der Waals surface area contributed by atoms with E-state index in [0.717, 1.165) is 6.07 Å². The van der Waals surface area contributed by atoms with Crippen LogP contribution in [0.5, 0.6) is 0 Å². The molecule has 172 valence electrons. The SMILES string of the molecule is CCO[C@@H](c1ccc([C@@H](COC)CC(=O)O)cc1Nc1ccc(C#N)c(F)c1)C(F)(F)F. The number of carboxylic acid groups (broad SMARTS) is 1. The number of hydrogen-bond donors (Lipinski definition) is 2. The Morgan fingerprint density at radius 2 is 1.97 bits per heavy atom. The fourth-order valence-electron chi connectivity index (χ4n) is 3.22. The van der Waals surface area contributed by atoms with Crippen LogP contribution in [0.1, 0.15) is 42.1 Å². The molecule has 10 heteroatoms. The molecule has 0 bridgehead atoms. The molecule has 32 heavy (non-hydrogen) atoms. The number of nitriles is 1. The van der Waals surface area contributed by atoms with Gasteiger partial charge in [0, 0.05) is 36.6 Å². The van der Waals surface area contributed by atoms with E-state index in [0.29, 0.717) is 5.56 Å². The smallest absolute Gasteiger partial charge is 0.418 e. The van der Waals surface area contributed by atoms with Crippen molar-refractivity contribution < 1.29 is 36.9 Å². The van der Waals surface area contributed by atoms with E-state index in [2.05, 4.69) is 5.32 Å². The first-order valence-corrected chi connectivity index (χ1v) is 9.60. The van der Waals surface area contributed by atoms with Crippen LogP contribution in [0.25, 0.3) is 0 Å². The molecule has 0 aliphatic carbocycles. The molecule has 0 aliphatic heterocycles. The average Bonchev–Trinajstić information content (AvgIpc) is 2.71. The standard InChI is InChI=1S/C22H22F4N2O4/c1-3-32-21(22(24,25)26)17-7-5-13(15(12-31-2)9-20(29)30)8-19(17)28-16-6-4-14(11-27)18(23)10-16/h4-8,10,15,21,28H,3,9,12H2,1-2H3,(H,29,30)/t15-,21+/m1/s1. The monoisotopic (exact) mass is 454 g/mol. The van der Waals surface area contributed by atoms with Gasteiger partial charge < -0.3 is 19.9 Å². The van der Waals surface area contributed by atoms with Crippen molar-refractivity contribution in [2.75, 3.05) is 25.6 Å². The Morgan fingerprint density at radius 1 is 1.25 bits per heavy atom. The number of halogens is 4. The summed E-state index contributed by atoms with van der Waals surface area (Å²) in [6.45, 7) is 1.25. The molecule has 0 heterocycles. The summed E-state index contributed by atoms with van der Waals surface area (Å²) in [7, 11) is 1.39. The second kappa shape index (κ2) is 10.9. The molecule has 0 spiro atoms. The third-order valence-corrected chi connectivity index (χ3v) is 4.62. The van der Waals surface area contributed by atoms with Crippen LogP contribution in [-0.4, -0.2) is 37.6 Å². The van der Waals surface area contributed by atoms with E-state index in [1.165, 1.54) is 44.4 Å². The highest BCUT2D eigenvalue weighted by Crippen LogP contribution is 2.41. The molecule has 0 saturated carbocycles. The van der Waals surface area contributed by atoms with Gasteiger partial charge in [-0.1, -0.05) is 12.1 Å². The maximum atomic E-state index is 14.0. The largest absolute Gasteiger partial charge is 0.481 e. The van der Waals surface area contributed by atoms with Gasteiger partial charge in [0.15, 0.2) is 6.10 Å². The van der Waals surface area contributed by atoms with Crippen LogP contribution in [0.15, 0.2) is 36.4 Å². The number of anilines is 2. The Bertz CT molecular complexity index is 989. The summed E-state index contributed by atoms with van der Waals surface area (Å²) < 4.78 is 65.1. The molecular formula is C22H22F4N2O4. The molecule has 0 saturated heterocycles. The van der Waals surface area contributed by atoms with E-state index < -0.39 is 30.0 Å². The Kier molecular flexibility index (Phi) is 8.57. The van der Waals surface area contributed by atoms with E-state index in [-0.39, 0.29) is 42.1 Å². The lowest BCUT2D eigenvalue weighted by Crippen LogP contribution is -2.24. The molecular weight excluding hydrogens is 432 g/mol. The summed E-state index contributed by atoms with van der Waals surface area (Å²) in [5.41, 5.74) is 0.0350. The van der Waals surface area contributed by atoms with Gasteiger partial charge in [0.25, 0.3) is 0 Å². The molecule has 0 unspecified atom stereocenters. The summed E-state index contributed by atoms with van der Waals surface area (Å²) >= 11 is 0. The minimum absolute atomic E-state index is 0.0325. The van der Waals surface area contributed by atoms with Crippen molar-refractivity contribution in [1.82, 2.24) is 0 Å². The Balaban J connectivity index is 2.59. The van der Waals surface area contributed by atoms with E-state index in [1.807, 2.05) is 0 Å². The molecule has 0 aliphatic rings. The summed E-state index contributed by atoms with van der Waals surface area (Å²) in [4.78, 5) is 11.2. The molecule has 0 amide bonds. The molecule has 0 aromatic heterocycles. The number of ether oxygens (including phenoxy) is 2. The number of nitrogens with one attached hydrogen (secondary N) is 1. The highest BCUT2D eigenvalue weighted by Gasteiger charge is 2.43. The van der Waals surface area contributed by atoms with Gasteiger partial charge in [-0.05, 0) is 36.8 Å². The minimum Gasteiger partial charge on any atom is -0.481 e. The number of carbonyl (C=O) groups is 1. The van der Waals surface area contributed by atoms with Gasteiger partial charge in [-0.15, -0.1) is 0 Å². The molecule has 0 fully saturated rings. The Labute approximate surface area is 182 Å². The number of alkyl halides is 3.